The standard InChI is InChI=1S/C24H24O6/c1-4-16-27-24(28-17-5-2,23(26)30-21-14-10-7-11-15-21)18-19(3)22(25)29-20-12-8-6-9-13-20/h4-15H,1-3,16-18H2. The molecule has 6 heteroatoms. The lowest BCUT2D eigenvalue weighted by molar-refractivity contribution is -0.234. The van der Waals surface area contributed by atoms with Gasteiger partial charge in [-0.15, -0.1) is 13.2 Å². The van der Waals surface area contributed by atoms with Crippen LogP contribution in [0.5, 0.6) is 11.5 Å². The van der Waals surface area contributed by atoms with E-state index < -0.39 is 17.7 Å². The number of carbonyl (C=O) groups excluding carboxylic acids is 2. The largest absolute Gasteiger partial charge is 0.423 e. The Bertz CT molecular complexity index is 861. The molecule has 0 saturated heterocycles. The van der Waals surface area contributed by atoms with Crippen LogP contribution in [0.3, 0.4) is 0 Å². The van der Waals surface area contributed by atoms with Gasteiger partial charge in [-0.25, -0.2) is 9.59 Å². The van der Waals surface area contributed by atoms with Crippen molar-refractivity contribution in [1.29, 1.82) is 0 Å². The Hall–Kier alpha value is -3.48. The number of benzene rings is 2. The number of esters is 2. The van der Waals surface area contributed by atoms with E-state index in [4.69, 9.17) is 18.9 Å². The minimum absolute atomic E-state index is 0.0257. The van der Waals surface area contributed by atoms with Gasteiger partial charge in [-0.05, 0) is 24.3 Å². The minimum Gasteiger partial charge on any atom is -0.423 e. The second kappa shape index (κ2) is 11.5. The highest BCUT2D eigenvalue weighted by Gasteiger charge is 2.44. The second-order valence-corrected chi connectivity index (χ2v) is 6.14. The minimum atomic E-state index is -1.94. The molecule has 30 heavy (non-hydrogen) atoms. The Kier molecular flexibility index (Phi) is 8.75. The Morgan fingerprint density at radius 3 is 1.73 bits per heavy atom. The fourth-order valence-electron chi connectivity index (χ4n) is 2.41. The molecule has 0 fully saturated rings. The van der Waals surface area contributed by atoms with Crippen molar-refractivity contribution in [1.82, 2.24) is 0 Å². The van der Waals surface area contributed by atoms with Crippen molar-refractivity contribution >= 4 is 11.9 Å². The lowest BCUT2D eigenvalue weighted by Gasteiger charge is -2.31. The smallest absolute Gasteiger partial charge is 0.372 e. The van der Waals surface area contributed by atoms with Crippen LogP contribution in [0.25, 0.3) is 0 Å². The van der Waals surface area contributed by atoms with Gasteiger partial charge < -0.3 is 18.9 Å². The molecule has 6 nitrogen and oxygen atoms in total. The van der Waals surface area contributed by atoms with Crippen molar-refractivity contribution in [3.8, 4) is 11.5 Å². The zero-order chi connectivity index (χ0) is 21.8. The Balaban J connectivity index is 2.24. The molecule has 0 atom stereocenters. The Morgan fingerprint density at radius 1 is 0.800 bits per heavy atom. The molecule has 2 rings (SSSR count). The van der Waals surface area contributed by atoms with E-state index in [9.17, 15) is 9.59 Å². The van der Waals surface area contributed by atoms with Gasteiger partial charge >= 0.3 is 11.9 Å². The summed E-state index contributed by atoms with van der Waals surface area (Å²) >= 11 is 0. The fraction of sp³-hybridized carbons (Fsp3) is 0.167. The summed E-state index contributed by atoms with van der Waals surface area (Å²) in [6.07, 6.45) is 2.59. The van der Waals surface area contributed by atoms with Gasteiger partial charge in [0, 0.05) is 12.0 Å². The van der Waals surface area contributed by atoms with Crippen LogP contribution in [0, 0.1) is 0 Å². The molecule has 0 saturated carbocycles. The van der Waals surface area contributed by atoms with Gasteiger partial charge in [-0.3, -0.25) is 0 Å². The van der Waals surface area contributed by atoms with Crippen molar-refractivity contribution in [2.75, 3.05) is 13.2 Å². The fourth-order valence-corrected chi connectivity index (χ4v) is 2.41. The van der Waals surface area contributed by atoms with Gasteiger partial charge in [0.2, 0.25) is 0 Å². The molecular formula is C24H24O6. The van der Waals surface area contributed by atoms with E-state index in [2.05, 4.69) is 19.7 Å². The van der Waals surface area contributed by atoms with Crippen LogP contribution in [0.1, 0.15) is 6.42 Å². The first kappa shape index (κ1) is 22.8. The summed E-state index contributed by atoms with van der Waals surface area (Å²) in [4.78, 5) is 25.5. The number of carbonyl (C=O) groups is 2. The zero-order valence-corrected chi connectivity index (χ0v) is 16.6. The van der Waals surface area contributed by atoms with Gasteiger partial charge in [-0.2, -0.15) is 0 Å². The normalized spacial score (nSPS) is 10.7. The highest BCUT2D eigenvalue weighted by Crippen LogP contribution is 2.27. The molecular weight excluding hydrogens is 384 g/mol. The molecule has 0 heterocycles. The van der Waals surface area contributed by atoms with Gasteiger partial charge in [0.05, 0.1) is 13.2 Å². The molecule has 0 unspecified atom stereocenters. The first-order chi connectivity index (χ1) is 14.5. The summed E-state index contributed by atoms with van der Waals surface area (Å²) in [5.41, 5.74) is -0.0306. The molecule has 0 radical (unpaired) electrons. The molecule has 0 spiro atoms. The summed E-state index contributed by atoms with van der Waals surface area (Å²) in [7, 11) is 0. The van der Waals surface area contributed by atoms with Gasteiger partial charge in [0.15, 0.2) is 0 Å². The van der Waals surface area contributed by atoms with E-state index in [1.807, 2.05) is 0 Å². The quantitative estimate of drug-likeness (QED) is 0.172. The van der Waals surface area contributed by atoms with Crippen molar-refractivity contribution in [2.24, 2.45) is 0 Å². The van der Waals surface area contributed by atoms with Crippen LogP contribution in [-0.4, -0.2) is 30.9 Å². The predicted octanol–water partition coefficient (Wildman–Crippen LogP) is 4.25. The van der Waals surface area contributed by atoms with Crippen molar-refractivity contribution < 1.29 is 28.5 Å². The van der Waals surface area contributed by atoms with E-state index in [0.717, 1.165) is 0 Å². The molecule has 0 N–H and O–H groups in total. The summed E-state index contributed by atoms with van der Waals surface area (Å²) in [6, 6.07) is 17.0. The maximum absolute atomic E-state index is 13.0. The lowest BCUT2D eigenvalue weighted by Crippen LogP contribution is -2.48. The summed E-state index contributed by atoms with van der Waals surface area (Å²) in [5, 5.41) is 0. The third-order valence-corrected chi connectivity index (χ3v) is 3.82. The molecule has 2 aromatic rings. The molecule has 0 aromatic heterocycles. The third kappa shape index (κ3) is 6.55. The number of hydrogen-bond acceptors (Lipinski definition) is 6. The first-order valence-corrected chi connectivity index (χ1v) is 9.23. The van der Waals surface area contributed by atoms with Crippen molar-refractivity contribution in [2.45, 2.75) is 12.2 Å². The molecule has 0 bridgehead atoms. The van der Waals surface area contributed by atoms with Crippen LogP contribution in [0.2, 0.25) is 0 Å². The topological polar surface area (TPSA) is 71.1 Å². The Morgan fingerprint density at radius 2 is 1.27 bits per heavy atom. The number of ether oxygens (including phenoxy) is 4. The SMILES string of the molecule is C=CCOC(CC(=C)C(=O)Oc1ccccc1)(OCC=C)C(=O)Oc1ccccc1. The molecule has 0 amide bonds. The molecule has 0 aliphatic carbocycles. The van der Waals surface area contributed by atoms with Crippen LogP contribution >= 0.6 is 0 Å². The Labute approximate surface area is 176 Å². The van der Waals surface area contributed by atoms with Gasteiger partial charge in [0.25, 0.3) is 5.79 Å². The number of hydrogen-bond donors (Lipinski definition) is 0. The van der Waals surface area contributed by atoms with E-state index in [-0.39, 0.29) is 25.2 Å². The van der Waals surface area contributed by atoms with Crippen LogP contribution in [0.4, 0.5) is 0 Å². The maximum atomic E-state index is 13.0. The number of para-hydroxylation sites is 2. The molecule has 2 aromatic carbocycles. The zero-order valence-electron chi connectivity index (χ0n) is 16.6. The van der Waals surface area contributed by atoms with E-state index in [1.54, 1.807) is 60.7 Å². The highest BCUT2D eigenvalue weighted by molar-refractivity contribution is 5.91. The van der Waals surface area contributed by atoms with E-state index >= 15 is 0 Å². The first-order valence-electron chi connectivity index (χ1n) is 9.23. The monoisotopic (exact) mass is 408 g/mol. The average Bonchev–Trinajstić information content (AvgIpc) is 2.77. The maximum Gasteiger partial charge on any atom is 0.372 e. The van der Waals surface area contributed by atoms with Gasteiger partial charge in [0.1, 0.15) is 11.5 Å². The van der Waals surface area contributed by atoms with Gasteiger partial charge in [-0.1, -0.05) is 55.1 Å². The second-order valence-electron chi connectivity index (χ2n) is 6.14. The summed E-state index contributed by atoms with van der Waals surface area (Å²) < 4.78 is 22.0. The molecule has 0 aliphatic rings. The van der Waals surface area contributed by atoms with E-state index in [1.165, 1.54) is 12.2 Å². The lowest BCUT2D eigenvalue weighted by atomic mass is 10.1. The van der Waals surface area contributed by atoms with Crippen molar-refractivity contribution in [3.63, 3.8) is 0 Å². The van der Waals surface area contributed by atoms with E-state index in [0.29, 0.717) is 11.5 Å². The third-order valence-electron chi connectivity index (χ3n) is 3.82. The molecule has 156 valence electrons. The summed E-state index contributed by atoms with van der Waals surface area (Å²) in [6.45, 7) is 10.9. The molecule has 0 aliphatic heterocycles. The van der Waals surface area contributed by atoms with Crippen LogP contribution in [-0.2, 0) is 19.1 Å². The van der Waals surface area contributed by atoms with Crippen molar-refractivity contribution in [3.05, 3.63) is 98.1 Å². The van der Waals surface area contributed by atoms with Crippen LogP contribution in [0.15, 0.2) is 98.1 Å². The number of rotatable bonds is 12. The predicted molar refractivity (Wildman–Crippen MR) is 113 cm³/mol. The summed E-state index contributed by atoms with van der Waals surface area (Å²) in [5.74, 6) is -2.85. The van der Waals surface area contributed by atoms with Crippen LogP contribution < -0.4 is 9.47 Å². The average molecular weight is 408 g/mol. The highest BCUT2D eigenvalue weighted by atomic mass is 16.7.